The topological polar surface area (TPSA) is 35.2 Å². The van der Waals surface area contributed by atoms with E-state index in [0.29, 0.717) is 0 Å². The zero-order valence-corrected chi connectivity index (χ0v) is 9.33. The van der Waals surface area contributed by atoms with Crippen LogP contribution in [0.15, 0.2) is 24.3 Å². The van der Waals surface area contributed by atoms with Crippen molar-refractivity contribution in [2.45, 2.75) is 31.7 Å². The Morgan fingerprint density at radius 1 is 1.27 bits per heavy atom. The van der Waals surface area contributed by atoms with Crippen LogP contribution in [0.3, 0.4) is 0 Å². The third-order valence-electron chi connectivity index (χ3n) is 3.15. The van der Waals surface area contributed by atoms with Gasteiger partial charge in [-0.15, -0.1) is 0 Å². The molecule has 2 heteroatoms. The molecule has 0 amide bonds. The molecule has 0 saturated heterocycles. The van der Waals surface area contributed by atoms with Crippen molar-refractivity contribution in [1.82, 2.24) is 0 Å². The molecule has 1 aliphatic carbocycles. The minimum atomic E-state index is -0.0706. The van der Waals surface area contributed by atoms with Crippen LogP contribution in [-0.2, 0) is 17.6 Å². The highest BCUT2D eigenvalue weighted by atomic mass is 16.5. The van der Waals surface area contributed by atoms with Crippen LogP contribution in [0.25, 0.3) is 0 Å². The molecule has 2 rings (SSSR count). The standard InChI is InChI=1S/C13H19NO/c1-2-15-8-7-13(14)9-11-5-3-4-6-12(11)10-13/h3-6H,2,7-10,14H2,1H3. The number of fused-ring (bicyclic) bond motifs is 1. The lowest BCUT2D eigenvalue weighted by molar-refractivity contribution is 0.127. The molecule has 0 heterocycles. The van der Waals surface area contributed by atoms with Gasteiger partial charge in [-0.05, 0) is 37.3 Å². The van der Waals surface area contributed by atoms with Crippen LogP contribution in [0, 0.1) is 0 Å². The molecule has 2 N–H and O–H groups in total. The van der Waals surface area contributed by atoms with Crippen molar-refractivity contribution in [3.63, 3.8) is 0 Å². The first-order valence-electron chi connectivity index (χ1n) is 5.67. The van der Waals surface area contributed by atoms with Crippen LogP contribution in [0.4, 0.5) is 0 Å². The van der Waals surface area contributed by atoms with Gasteiger partial charge in [-0.1, -0.05) is 24.3 Å². The molecule has 1 aromatic rings. The number of ether oxygens (including phenoxy) is 1. The average molecular weight is 205 g/mol. The summed E-state index contributed by atoms with van der Waals surface area (Å²) in [7, 11) is 0. The molecule has 2 nitrogen and oxygen atoms in total. The second kappa shape index (κ2) is 4.33. The molecule has 1 aliphatic rings. The van der Waals surface area contributed by atoms with E-state index in [1.165, 1.54) is 11.1 Å². The van der Waals surface area contributed by atoms with Gasteiger partial charge in [-0.2, -0.15) is 0 Å². The summed E-state index contributed by atoms with van der Waals surface area (Å²) in [5.74, 6) is 0. The number of hydrogen-bond donors (Lipinski definition) is 1. The van der Waals surface area contributed by atoms with E-state index in [1.807, 2.05) is 6.92 Å². The predicted molar refractivity (Wildman–Crippen MR) is 61.9 cm³/mol. The van der Waals surface area contributed by atoms with Crippen LogP contribution < -0.4 is 5.73 Å². The fourth-order valence-corrected chi connectivity index (χ4v) is 2.32. The van der Waals surface area contributed by atoms with E-state index in [2.05, 4.69) is 24.3 Å². The quantitative estimate of drug-likeness (QED) is 0.762. The van der Waals surface area contributed by atoms with Crippen LogP contribution in [0.1, 0.15) is 24.5 Å². The van der Waals surface area contributed by atoms with Gasteiger partial charge in [0.2, 0.25) is 0 Å². The Kier molecular flexibility index (Phi) is 3.08. The highest BCUT2D eigenvalue weighted by Gasteiger charge is 2.32. The van der Waals surface area contributed by atoms with Crippen molar-refractivity contribution >= 4 is 0 Å². The van der Waals surface area contributed by atoms with E-state index >= 15 is 0 Å². The fourth-order valence-electron chi connectivity index (χ4n) is 2.32. The Labute approximate surface area is 91.4 Å². The molecule has 0 bridgehead atoms. The van der Waals surface area contributed by atoms with Gasteiger partial charge in [0.1, 0.15) is 0 Å². The SMILES string of the molecule is CCOCCC1(N)Cc2ccccc2C1. The maximum atomic E-state index is 6.37. The van der Waals surface area contributed by atoms with E-state index in [1.54, 1.807) is 0 Å². The Bertz CT molecular complexity index is 310. The van der Waals surface area contributed by atoms with E-state index in [4.69, 9.17) is 10.5 Å². The Morgan fingerprint density at radius 2 is 1.87 bits per heavy atom. The smallest absolute Gasteiger partial charge is 0.0483 e. The predicted octanol–water partition coefficient (Wildman–Crippen LogP) is 1.91. The monoisotopic (exact) mass is 205 g/mol. The third-order valence-corrected chi connectivity index (χ3v) is 3.15. The molecule has 0 saturated carbocycles. The van der Waals surface area contributed by atoms with Crippen molar-refractivity contribution in [1.29, 1.82) is 0 Å². The molecule has 0 aromatic heterocycles. The molecule has 15 heavy (non-hydrogen) atoms. The van der Waals surface area contributed by atoms with Gasteiger partial charge in [0.05, 0.1) is 0 Å². The van der Waals surface area contributed by atoms with Gasteiger partial charge in [-0.3, -0.25) is 0 Å². The number of nitrogens with two attached hydrogens (primary N) is 1. The Hall–Kier alpha value is -0.860. The first-order chi connectivity index (χ1) is 7.23. The summed E-state index contributed by atoms with van der Waals surface area (Å²) >= 11 is 0. The highest BCUT2D eigenvalue weighted by molar-refractivity contribution is 5.35. The zero-order valence-electron chi connectivity index (χ0n) is 9.33. The van der Waals surface area contributed by atoms with E-state index in [-0.39, 0.29) is 5.54 Å². The summed E-state index contributed by atoms with van der Waals surface area (Å²) in [4.78, 5) is 0. The van der Waals surface area contributed by atoms with E-state index in [9.17, 15) is 0 Å². The summed E-state index contributed by atoms with van der Waals surface area (Å²) in [6.45, 7) is 3.58. The van der Waals surface area contributed by atoms with Gasteiger partial charge in [-0.25, -0.2) is 0 Å². The first kappa shape index (κ1) is 10.7. The second-order valence-corrected chi connectivity index (χ2v) is 4.43. The van der Waals surface area contributed by atoms with Crippen LogP contribution in [-0.4, -0.2) is 18.8 Å². The minimum absolute atomic E-state index is 0.0706. The third kappa shape index (κ3) is 2.39. The average Bonchev–Trinajstić information content (AvgIpc) is 2.54. The molecule has 0 fully saturated rings. The van der Waals surface area contributed by atoms with Crippen LogP contribution in [0.5, 0.6) is 0 Å². The maximum absolute atomic E-state index is 6.37. The molecular formula is C13H19NO. The zero-order chi connectivity index (χ0) is 10.7. The van der Waals surface area contributed by atoms with Crippen LogP contribution >= 0.6 is 0 Å². The van der Waals surface area contributed by atoms with E-state index in [0.717, 1.165) is 32.5 Å². The minimum Gasteiger partial charge on any atom is -0.382 e. The molecule has 82 valence electrons. The van der Waals surface area contributed by atoms with Crippen molar-refractivity contribution in [2.75, 3.05) is 13.2 Å². The number of benzene rings is 1. The normalized spacial score (nSPS) is 17.7. The largest absolute Gasteiger partial charge is 0.382 e. The lowest BCUT2D eigenvalue weighted by Crippen LogP contribution is -2.41. The van der Waals surface area contributed by atoms with Gasteiger partial charge >= 0.3 is 0 Å². The number of hydrogen-bond acceptors (Lipinski definition) is 2. The second-order valence-electron chi connectivity index (χ2n) is 4.43. The molecule has 1 aromatic carbocycles. The molecule has 0 aliphatic heterocycles. The molecule has 0 radical (unpaired) electrons. The molecule has 0 atom stereocenters. The number of rotatable bonds is 4. The van der Waals surface area contributed by atoms with Crippen molar-refractivity contribution in [2.24, 2.45) is 5.73 Å². The highest BCUT2D eigenvalue weighted by Crippen LogP contribution is 2.30. The Balaban J connectivity index is 1.98. The van der Waals surface area contributed by atoms with Crippen molar-refractivity contribution in [3.8, 4) is 0 Å². The summed E-state index contributed by atoms with van der Waals surface area (Å²) in [5, 5.41) is 0. The van der Waals surface area contributed by atoms with Crippen molar-refractivity contribution < 1.29 is 4.74 Å². The van der Waals surface area contributed by atoms with Crippen molar-refractivity contribution in [3.05, 3.63) is 35.4 Å². The van der Waals surface area contributed by atoms with Gasteiger partial charge < -0.3 is 10.5 Å². The first-order valence-corrected chi connectivity index (χ1v) is 5.67. The van der Waals surface area contributed by atoms with E-state index < -0.39 is 0 Å². The summed E-state index contributed by atoms with van der Waals surface area (Å²) in [5.41, 5.74) is 9.13. The van der Waals surface area contributed by atoms with Crippen LogP contribution in [0.2, 0.25) is 0 Å². The summed E-state index contributed by atoms with van der Waals surface area (Å²) < 4.78 is 5.38. The lowest BCUT2D eigenvalue weighted by Gasteiger charge is -2.23. The molecule has 0 spiro atoms. The lowest BCUT2D eigenvalue weighted by atomic mass is 9.93. The molecule has 0 unspecified atom stereocenters. The van der Waals surface area contributed by atoms with Gasteiger partial charge in [0.25, 0.3) is 0 Å². The van der Waals surface area contributed by atoms with Gasteiger partial charge in [0, 0.05) is 18.8 Å². The Morgan fingerprint density at radius 3 is 2.40 bits per heavy atom. The fraction of sp³-hybridized carbons (Fsp3) is 0.538. The maximum Gasteiger partial charge on any atom is 0.0483 e. The van der Waals surface area contributed by atoms with Gasteiger partial charge in [0.15, 0.2) is 0 Å². The summed E-state index contributed by atoms with van der Waals surface area (Å²) in [6, 6.07) is 8.55. The molecular weight excluding hydrogens is 186 g/mol. The summed E-state index contributed by atoms with van der Waals surface area (Å²) in [6.07, 6.45) is 2.95.